The zero-order valence-electron chi connectivity index (χ0n) is 10.9. The fourth-order valence-electron chi connectivity index (χ4n) is 1.68. The van der Waals surface area contributed by atoms with E-state index in [-0.39, 0.29) is 4.90 Å². The molecular weight excluding hydrogens is 283 g/mol. The lowest BCUT2D eigenvalue weighted by Crippen LogP contribution is -2.11. The van der Waals surface area contributed by atoms with E-state index in [0.29, 0.717) is 11.4 Å². The van der Waals surface area contributed by atoms with Gasteiger partial charge >= 0.3 is 0 Å². The van der Waals surface area contributed by atoms with E-state index in [0.717, 1.165) is 36.0 Å². The largest absolute Gasteiger partial charge is 0.313 e. The highest BCUT2D eigenvalue weighted by Gasteiger charge is 2.10. The van der Waals surface area contributed by atoms with Crippen LogP contribution in [0.1, 0.15) is 12.5 Å². The first-order chi connectivity index (χ1) is 9.60. The zero-order chi connectivity index (χ0) is 14.5. The van der Waals surface area contributed by atoms with Gasteiger partial charge in [-0.15, -0.1) is 0 Å². The normalized spacial score (nSPS) is 10.8. The van der Waals surface area contributed by atoms with Gasteiger partial charge in [0, 0.05) is 22.4 Å². The van der Waals surface area contributed by atoms with Gasteiger partial charge in [0.25, 0.3) is 0 Å². The molecule has 5 heteroatoms. The molecule has 106 valence electrons. The molecule has 0 saturated carbocycles. The molecule has 0 aliphatic rings. The number of benzene rings is 2. The quantitative estimate of drug-likeness (QED) is 0.880. The average Bonchev–Trinajstić information content (AvgIpc) is 2.42. The summed E-state index contributed by atoms with van der Waals surface area (Å²) in [5.74, 6) is -1.74. The van der Waals surface area contributed by atoms with E-state index in [1.165, 1.54) is 12.1 Å². The Labute approximate surface area is 120 Å². The Balaban J connectivity index is 2.17. The Morgan fingerprint density at radius 2 is 1.60 bits per heavy atom. The van der Waals surface area contributed by atoms with Crippen molar-refractivity contribution >= 4 is 11.8 Å². The molecular formula is C15H14F3NS. The summed E-state index contributed by atoms with van der Waals surface area (Å²) in [4.78, 5) is 0.514. The van der Waals surface area contributed by atoms with E-state index in [1.807, 2.05) is 6.92 Å². The maximum atomic E-state index is 13.9. The molecule has 1 N–H and O–H groups in total. The first-order valence-corrected chi connectivity index (χ1v) is 7.04. The van der Waals surface area contributed by atoms with Gasteiger partial charge in [0.15, 0.2) is 0 Å². The molecule has 0 saturated heterocycles. The fraction of sp³-hybridized carbons (Fsp3) is 0.200. The van der Waals surface area contributed by atoms with Crippen LogP contribution in [0, 0.1) is 17.5 Å². The van der Waals surface area contributed by atoms with Crippen LogP contribution in [0.15, 0.2) is 46.2 Å². The van der Waals surface area contributed by atoms with E-state index in [2.05, 4.69) is 5.32 Å². The lowest BCUT2D eigenvalue weighted by molar-refractivity contribution is 0.565. The van der Waals surface area contributed by atoms with Crippen molar-refractivity contribution in [1.29, 1.82) is 0 Å². The van der Waals surface area contributed by atoms with Crippen LogP contribution in [0.5, 0.6) is 0 Å². The van der Waals surface area contributed by atoms with Crippen molar-refractivity contribution in [3.8, 4) is 0 Å². The van der Waals surface area contributed by atoms with Gasteiger partial charge in [-0.25, -0.2) is 13.2 Å². The van der Waals surface area contributed by atoms with Crippen LogP contribution in [-0.2, 0) is 6.54 Å². The van der Waals surface area contributed by atoms with Crippen LogP contribution >= 0.6 is 11.8 Å². The Morgan fingerprint density at radius 1 is 0.950 bits per heavy atom. The third-order valence-corrected chi connectivity index (χ3v) is 3.79. The van der Waals surface area contributed by atoms with Gasteiger partial charge in [0.1, 0.15) is 17.5 Å². The van der Waals surface area contributed by atoms with Crippen LogP contribution in [0.3, 0.4) is 0 Å². The van der Waals surface area contributed by atoms with E-state index < -0.39 is 17.5 Å². The van der Waals surface area contributed by atoms with Gasteiger partial charge in [0.05, 0.1) is 0 Å². The molecule has 0 unspecified atom stereocenters. The first-order valence-electron chi connectivity index (χ1n) is 6.22. The van der Waals surface area contributed by atoms with Gasteiger partial charge in [-0.05, 0) is 36.4 Å². The molecule has 2 rings (SSSR count). The van der Waals surface area contributed by atoms with Gasteiger partial charge in [-0.1, -0.05) is 24.8 Å². The third-order valence-electron chi connectivity index (χ3n) is 2.69. The predicted octanol–water partition coefficient (Wildman–Crippen LogP) is 4.36. The van der Waals surface area contributed by atoms with Crippen molar-refractivity contribution in [2.75, 3.05) is 6.54 Å². The molecule has 0 amide bonds. The Hall–Kier alpha value is -1.46. The second-order valence-electron chi connectivity index (χ2n) is 4.22. The predicted molar refractivity (Wildman–Crippen MR) is 74.3 cm³/mol. The first kappa shape index (κ1) is 14.9. The number of hydrogen-bond acceptors (Lipinski definition) is 2. The number of nitrogens with one attached hydrogen (secondary N) is 1. The Morgan fingerprint density at radius 3 is 2.20 bits per heavy atom. The molecule has 0 aliphatic heterocycles. The van der Waals surface area contributed by atoms with Gasteiger partial charge < -0.3 is 5.32 Å². The van der Waals surface area contributed by atoms with Crippen LogP contribution in [-0.4, -0.2) is 6.54 Å². The lowest BCUT2D eigenvalue weighted by Gasteiger charge is -2.07. The van der Waals surface area contributed by atoms with Crippen molar-refractivity contribution in [2.45, 2.75) is 23.3 Å². The summed E-state index contributed by atoms with van der Waals surface area (Å²) in [5, 5.41) is 3.10. The number of rotatable bonds is 5. The van der Waals surface area contributed by atoms with Crippen molar-refractivity contribution in [3.63, 3.8) is 0 Å². The van der Waals surface area contributed by atoms with Gasteiger partial charge in [-0.2, -0.15) is 0 Å². The topological polar surface area (TPSA) is 12.0 Å². The summed E-state index contributed by atoms with van der Waals surface area (Å²) >= 11 is 0.945. The molecule has 2 aromatic carbocycles. The second kappa shape index (κ2) is 6.81. The van der Waals surface area contributed by atoms with Crippen molar-refractivity contribution in [3.05, 3.63) is 59.4 Å². The Kier molecular flexibility index (Phi) is 5.09. The molecule has 1 nitrogen and oxygen atoms in total. The minimum atomic E-state index is -0.689. The third kappa shape index (κ3) is 3.77. The molecule has 0 fully saturated rings. The number of halogens is 3. The van der Waals surface area contributed by atoms with Gasteiger partial charge in [0.2, 0.25) is 0 Å². The molecule has 0 aliphatic carbocycles. The minimum Gasteiger partial charge on any atom is -0.313 e. The minimum absolute atomic E-state index is 0.199. The van der Waals surface area contributed by atoms with Crippen molar-refractivity contribution < 1.29 is 13.2 Å². The lowest BCUT2D eigenvalue weighted by atomic mass is 10.2. The van der Waals surface area contributed by atoms with E-state index in [4.69, 9.17) is 0 Å². The highest BCUT2D eigenvalue weighted by Crippen LogP contribution is 2.32. The summed E-state index contributed by atoms with van der Waals surface area (Å²) in [6.45, 7) is 3.36. The summed E-state index contributed by atoms with van der Waals surface area (Å²) in [5.41, 5.74) is 0.827. The molecule has 20 heavy (non-hydrogen) atoms. The van der Waals surface area contributed by atoms with Gasteiger partial charge in [-0.3, -0.25) is 0 Å². The fourth-order valence-corrected chi connectivity index (χ4v) is 2.50. The highest BCUT2D eigenvalue weighted by atomic mass is 32.2. The van der Waals surface area contributed by atoms with Crippen LogP contribution in [0.4, 0.5) is 13.2 Å². The standard InChI is InChI=1S/C15H14F3NS/c1-2-19-9-10-3-5-14(12(17)7-10)20-15-6-4-11(16)8-13(15)18/h3-8,19H,2,9H2,1H3. The maximum absolute atomic E-state index is 13.9. The molecule has 0 heterocycles. The zero-order valence-corrected chi connectivity index (χ0v) is 11.7. The van der Waals surface area contributed by atoms with E-state index >= 15 is 0 Å². The van der Waals surface area contributed by atoms with Crippen molar-refractivity contribution in [2.24, 2.45) is 0 Å². The number of hydrogen-bond donors (Lipinski definition) is 1. The maximum Gasteiger partial charge on any atom is 0.140 e. The Bertz CT molecular complexity index is 602. The van der Waals surface area contributed by atoms with E-state index in [9.17, 15) is 13.2 Å². The highest BCUT2D eigenvalue weighted by molar-refractivity contribution is 7.99. The molecule has 0 radical (unpaired) electrons. The summed E-state index contributed by atoms with van der Waals surface area (Å²) in [7, 11) is 0. The monoisotopic (exact) mass is 297 g/mol. The molecule has 0 aromatic heterocycles. The molecule has 0 spiro atoms. The van der Waals surface area contributed by atoms with Crippen LogP contribution in [0.25, 0.3) is 0 Å². The summed E-state index contributed by atoms with van der Waals surface area (Å²) in [6.07, 6.45) is 0. The molecule has 0 atom stereocenters. The molecule has 2 aromatic rings. The summed E-state index contributed by atoms with van der Waals surface area (Å²) < 4.78 is 40.3. The second-order valence-corrected chi connectivity index (χ2v) is 5.31. The summed E-state index contributed by atoms with van der Waals surface area (Å²) in [6, 6.07) is 8.07. The van der Waals surface area contributed by atoms with Crippen LogP contribution < -0.4 is 5.32 Å². The molecule has 0 bridgehead atoms. The van der Waals surface area contributed by atoms with E-state index in [1.54, 1.807) is 12.1 Å². The van der Waals surface area contributed by atoms with Crippen molar-refractivity contribution in [1.82, 2.24) is 5.32 Å². The smallest absolute Gasteiger partial charge is 0.140 e. The average molecular weight is 297 g/mol. The SMILES string of the molecule is CCNCc1ccc(Sc2ccc(F)cc2F)c(F)c1. The van der Waals surface area contributed by atoms with Crippen LogP contribution in [0.2, 0.25) is 0 Å².